The lowest BCUT2D eigenvalue weighted by Gasteiger charge is -2.30. The van der Waals surface area contributed by atoms with Gasteiger partial charge in [-0.05, 0) is 49.7 Å². The second-order valence-electron chi connectivity index (χ2n) is 6.30. The van der Waals surface area contributed by atoms with E-state index in [1.54, 1.807) is 0 Å². The number of benzene rings is 1. The molecule has 3 rings (SSSR count). The fourth-order valence-corrected chi connectivity index (χ4v) is 3.51. The fourth-order valence-electron chi connectivity index (χ4n) is 3.24. The molecule has 128 valence electrons. The van der Waals surface area contributed by atoms with Crippen molar-refractivity contribution in [1.29, 1.82) is 0 Å². The highest BCUT2D eigenvalue weighted by molar-refractivity contribution is 7.71. The molecule has 5 nitrogen and oxygen atoms in total. The van der Waals surface area contributed by atoms with Crippen LogP contribution in [-0.2, 0) is 19.5 Å². The third-order valence-corrected chi connectivity index (χ3v) is 4.88. The number of nitrogens with one attached hydrogen (secondary N) is 2. The van der Waals surface area contributed by atoms with Crippen molar-refractivity contribution < 1.29 is 0 Å². The zero-order valence-electron chi connectivity index (χ0n) is 14.3. The Balaban J connectivity index is 1.89. The first kappa shape index (κ1) is 16.9. The molecule has 24 heavy (non-hydrogen) atoms. The van der Waals surface area contributed by atoms with Crippen LogP contribution in [0.5, 0.6) is 0 Å². The van der Waals surface area contributed by atoms with Crippen molar-refractivity contribution in [3.05, 3.63) is 56.1 Å². The highest BCUT2D eigenvalue weighted by Crippen LogP contribution is 2.20. The summed E-state index contributed by atoms with van der Waals surface area (Å²) in [6, 6.07) is 8.38. The van der Waals surface area contributed by atoms with E-state index in [0.717, 1.165) is 44.0 Å². The summed E-state index contributed by atoms with van der Waals surface area (Å²) < 4.78 is 2.52. The minimum absolute atomic E-state index is 0.0737. The molecule has 0 radical (unpaired) electrons. The van der Waals surface area contributed by atoms with Gasteiger partial charge in [-0.15, -0.1) is 0 Å². The summed E-state index contributed by atoms with van der Waals surface area (Å²) in [5, 5.41) is 3.40. The normalized spacial score (nSPS) is 14.2. The van der Waals surface area contributed by atoms with E-state index >= 15 is 0 Å². The van der Waals surface area contributed by atoms with Gasteiger partial charge in [0.05, 0.1) is 12.2 Å². The summed E-state index contributed by atoms with van der Waals surface area (Å²) >= 11 is 5.41. The number of H-pyrrole nitrogens is 1. The zero-order chi connectivity index (χ0) is 17.1. The van der Waals surface area contributed by atoms with E-state index in [1.807, 2.05) is 4.57 Å². The Morgan fingerprint density at radius 1 is 1.25 bits per heavy atom. The lowest BCUT2D eigenvalue weighted by molar-refractivity contribution is 0.272. The molecule has 2 aromatic rings. The van der Waals surface area contributed by atoms with E-state index in [4.69, 9.17) is 12.2 Å². The van der Waals surface area contributed by atoms with E-state index in [-0.39, 0.29) is 5.56 Å². The zero-order valence-corrected chi connectivity index (χ0v) is 15.1. The number of hydrogen-bond acceptors (Lipinski definition) is 4. The molecule has 0 aliphatic carbocycles. The summed E-state index contributed by atoms with van der Waals surface area (Å²) in [5.41, 5.74) is 3.30. The van der Waals surface area contributed by atoms with E-state index in [1.165, 1.54) is 11.1 Å². The Morgan fingerprint density at radius 2 is 2.04 bits per heavy atom. The average molecular weight is 344 g/mol. The standard InChI is InChI=1S/C18H24N4OS/c1-3-9-21-11-15-16(19-12-21)22(18(24)20-17(15)23)10-8-14-7-5-4-6-13(14)2/h4-7,19H,3,8-12H2,1-2H3,(H,20,23,24). The van der Waals surface area contributed by atoms with Gasteiger partial charge in [-0.1, -0.05) is 31.2 Å². The number of fused-ring (bicyclic) bond motifs is 1. The van der Waals surface area contributed by atoms with Crippen LogP contribution in [0.2, 0.25) is 0 Å². The Morgan fingerprint density at radius 3 is 2.79 bits per heavy atom. The molecule has 0 saturated carbocycles. The largest absolute Gasteiger partial charge is 0.358 e. The van der Waals surface area contributed by atoms with E-state index < -0.39 is 0 Å². The monoisotopic (exact) mass is 344 g/mol. The Kier molecular flexibility index (Phi) is 5.16. The van der Waals surface area contributed by atoms with Crippen molar-refractivity contribution >= 4 is 18.0 Å². The van der Waals surface area contributed by atoms with E-state index in [9.17, 15) is 4.79 Å². The Hall–Kier alpha value is -1.92. The van der Waals surface area contributed by atoms with Gasteiger partial charge in [0, 0.05) is 13.1 Å². The molecule has 1 aliphatic heterocycles. The van der Waals surface area contributed by atoms with Crippen LogP contribution in [0.4, 0.5) is 5.82 Å². The number of rotatable bonds is 5. The molecule has 2 N–H and O–H groups in total. The molecule has 1 aliphatic rings. The van der Waals surface area contributed by atoms with Gasteiger partial charge in [0.1, 0.15) is 5.82 Å². The van der Waals surface area contributed by atoms with Crippen molar-refractivity contribution in [1.82, 2.24) is 14.5 Å². The highest BCUT2D eigenvalue weighted by atomic mass is 32.1. The van der Waals surface area contributed by atoms with E-state index in [2.05, 4.69) is 53.3 Å². The van der Waals surface area contributed by atoms with E-state index in [0.29, 0.717) is 11.3 Å². The molecule has 0 amide bonds. The van der Waals surface area contributed by atoms with Crippen LogP contribution in [0, 0.1) is 11.7 Å². The van der Waals surface area contributed by atoms with Gasteiger partial charge in [-0.3, -0.25) is 14.7 Å². The summed E-state index contributed by atoms with van der Waals surface area (Å²) in [6.45, 7) is 7.43. The summed E-state index contributed by atoms with van der Waals surface area (Å²) in [4.78, 5) is 17.4. The van der Waals surface area contributed by atoms with Crippen LogP contribution in [-0.4, -0.2) is 27.7 Å². The Labute approximate surface area is 147 Å². The van der Waals surface area contributed by atoms with Crippen LogP contribution >= 0.6 is 12.2 Å². The highest BCUT2D eigenvalue weighted by Gasteiger charge is 2.21. The fraction of sp³-hybridized carbons (Fsp3) is 0.444. The number of anilines is 1. The van der Waals surface area contributed by atoms with Gasteiger partial charge < -0.3 is 9.88 Å². The van der Waals surface area contributed by atoms with Crippen LogP contribution < -0.4 is 10.9 Å². The van der Waals surface area contributed by atoms with Gasteiger partial charge in [0.2, 0.25) is 0 Å². The van der Waals surface area contributed by atoms with Gasteiger partial charge in [-0.25, -0.2) is 0 Å². The maximum Gasteiger partial charge on any atom is 0.258 e. The van der Waals surface area contributed by atoms with Crippen LogP contribution in [0.1, 0.15) is 30.0 Å². The molecule has 0 spiro atoms. The van der Waals surface area contributed by atoms with Crippen molar-refractivity contribution in [3.8, 4) is 0 Å². The molecular weight excluding hydrogens is 320 g/mol. The smallest absolute Gasteiger partial charge is 0.258 e. The molecule has 0 atom stereocenters. The van der Waals surface area contributed by atoms with Crippen molar-refractivity contribution in [3.63, 3.8) is 0 Å². The molecule has 2 heterocycles. The quantitative estimate of drug-likeness (QED) is 0.819. The minimum atomic E-state index is -0.0737. The van der Waals surface area contributed by atoms with Gasteiger partial charge in [0.15, 0.2) is 4.77 Å². The first-order chi connectivity index (χ1) is 11.6. The van der Waals surface area contributed by atoms with Crippen LogP contribution in [0.15, 0.2) is 29.1 Å². The van der Waals surface area contributed by atoms with Crippen LogP contribution in [0.25, 0.3) is 0 Å². The number of aromatic nitrogens is 2. The molecule has 1 aromatic heterocycles. The molecule has 0 saturated heterocycles. The van der Waals surface area contributed by atoms with Crippen molar-refractivity contribution in [2.45, 2.75) is 39.8 Å². The molecule has 6 heteroatoms. The second-order valence-corrected chi connectivity index (χ2v) is 6.69. The second kappa shape index (κ2) is 7.32. The predicted octanol–water partition coefficient (Wildman–Crippen LogP) is 3.05. The lowest BCUT2D eigenvalue weighted by atomic mass is 10.1. The number of aryl methyl sites for hydroxylation is 2. The maximum atomic E-state index is 12.3. The molecule has 0 fully saturated rings. The number of nitrogens with zero attached hydrogens (tertiary/aromatic N) is 2. The van der Waals surface area contributed by atoms with Gasteiger partial charge >= 0.3 is 0 Å². The average Bonchev–Trinajstić information content (AvgIpc) is 2.57. The molecular formula is C18H24N4OS. The van der Waals surface area contributed by atoms with Crippen molar-refractivity contribution in [2.24, 2.45) is 0 Å². The molecule has 1 aromatic carbocycles. The first-order valence-electron chi connectivity index (χ1n) is 8.47. The number of hydrogen-bond donors (Lipinski definition) is 2. The number of aromatic amines is 1. The molecule has 0 bridgehead atoms. The Bertz CT molecular complexity index is 840. The maximum absolute atomic E-state index is 12.3. The lowest BCUT2D eigenvalue weighted by Crippen LogP contribution is -2.39. The summed E-state index contributed by atoms with van der Waals surface area (Å²) in [5.74, 6) is 0.879. The summed E-state index contributed by atoms with van der Waals surface area (Å²) in [7, 11) is 0. The predicted molar refractivity (Wildman–Crippen MR) is 100.0 cm³/mol. The third kappa shape index (κ3) is 3.44. The van der Waals surface area contributed by atoms with Gasteiger partial charge in [-0.2, -0.15) is 0 Å². The SMILES string of the molecule is CCCN1CNc2c(c(=O)[nH]c(=S)n2CCc2ccccc2C)C1. The minimum Gasteiger partial charge on any atom is -0.358 e. The molecule has 0 unspecified atom stereocenters. The van der Waals surface area contributed by atoms with Crippen LogP contribution in [0.3, 0.4) is 0 Å². The topological polar surface area (TPSA) is 53.1 Å². The van der Waals surface area contributed by atoms with Gasteiger partial charge in [0.25, 0.3) is 5.56 Å². The third-order valence-electron chi connectivity index (χ3n) is 4.55. The first-order valence-corrected chi connectivity index (χ1v) is 8.87. The summed E-state index contributed by atoms with van der Waals surface area (Å²) in [6.07, 6.45) is 1.96. The van der Waals surface area contributed by atoms with Crippen molar-refractivity contribution in [2.75, 3.05) is 18.5 Å².